The van der Waals surface area contributed by atoms with Crippen molar-refractivity contribution >= 4 is 6.98 Å². The van der Waals surface area contributed by atoms with E-state index in [4.69, 9.17) is 9.47 Å². The van der Waals surface area contributed by atoms with E-state index in [2.05, 4.69) is 0 Å². The minimum Gasteiger partial charge on any atom is -0.519 e. The number of fused-ring (bicyclic) bond motifs is 1. The molecule has 0 unspecified atom stereocenters. The Bertz CT molecular complexity index is 435. The summed E-state index contributed by atoms with van der Waals surface area (Å²) in [5.41, 5.74) is 0.507. The fraction of sp³-hybridized carbons (Fsp3) is 0.455. The molecule has 0 bridgehead atoms. The van der Waals surface area contributed by atoms with Crippen LogP contribution in [0.25, 0.3) is 0 Å². The van der Waals surface area contributed by atoms with Crippen LogP contribution in [0.2, 0.25) is 0 Å². The molecule has 0 radical (unpaired) electrons. The minimum absolute atomic E-state index is 0. The van der Waals surface area contributed by atoms with E-state index in [0.29, 0.717) is 12.2 Å². The molecule has 0 saturated heterocycles. The quantitative estimate of drug-likeness (QED) is 0.737. The number of para-hydroxylation sites is 1. The predicted octanol–water partition coefficient (Wildman–Crippen LogP) is 0.169. The van der Waals surface area contributed by atoms with E-state index in [-0.39, 0.29) is 62.7 Å². The van der Waals surface area contributed by atoms with Crippen LogP contribution in [-0.2, 0) is 6.42 Å². The van der Waals surface area contributed by atoms with E-state index in [9.17, 15) is 12.9 Å². The number of halogens is 3. The van der Waals surface area contributed by atoms with Gasteiger partial charge in [0.2, 0.25) is 0 Å². The smallest absolute Gasteiger partial charge is 0.519 e. The van der Waals surface area contributed by atoms with Gasteiger partial charge < -0.3 is 22.4 Å². The fourth-order valence-electron chi connectivity index (χ4n) is 1.89. The summed E-state index contributed by atoms with van der Waals surface area (Å²) < 4.78 is 46.8. The fourth-order valence-corrected chi connectivity index (χ4v) is 1.89. The molecule has 0 N–H and O–H groups in total. The van der Waals surface area contributed by atoms with Gasteiger partial charge in [0.05, 0.1) is 6.51 Å². The summed E-state index contributed by atoms with van der Waals surface area (Å²) >= 11 is 0. The van der Waals surface area contributed by atoms with E-state index in [1.807, 2.05) is 19.9 Å². The van der Waals surface area contributed by atoms with Gasteiger partial charge in [-0.15, -0.1) is 0 Å². The van der Waals surface area contributed by atoms with E-state index in [0.717, 1.165) is 5.56 Å². The molecule has 0 saturated carbocycles. The van der Waals surface area contributed by atoms with Gasteiger partial charge in [-0.3, -0.25) is 0 Å². The third kappa shape index (κ3) is 4.16. The Morgan fingerprint density at radius 2 is 2.00 bits per heavy atom. The average Bonchev–Trinajstić information content (AvgIpc) is 2.47. The van der Waals surface area contributed by atoms with Gasteiger partial charge in [-0.25, -0.2) is 0 Å². The largest absolute Gasteiger partial charge is 1.00 e. The molecule has 0 atom stereocenters. The summed E-state index contributed by atoms with van der Waals surface area (Å²) in [6.07, 6.45) is 0.677. The molecule has 1 aromatic rings. The van der Waals surface area contributed by atoms with E-state index in [1.54, 1.807) is 6.07 Å². The van der Waals surface area contributed by atoms with Crippen molar-refractivity contribution in [1.29, 1.82) is 0 Å². The number of hydrogen-bond acceptors (Lipinski definition) is 2. The van der Waals surface area contributed by atoms with Gasteiger partial charge in [0.25, 0.3) is 0 Å². The second-order valence-corrected chi connectivity index (χ2v) is 4.80. The van der Waals surface area contributed by atoms with Gasteiger partial charge in [0.15, 0.2) is 11.5 Å². The molecule has 1 aliphatic rings. The Labute approximate surface area is 147 Å². The Kier molecular flexibility index (Phi) is 5.22. The van der Waals surface area contributed by atoms with Gasteiger partial charge in [0.1, 0.15) is 5.60 Å². The van der Waals surface area contributed by atoms with Crippen molar-refractivity contribution in [3.63, 3.8) is 0 Å². The first-order valence-electron chi connectivity index (χ1n) is 5.42. The van der Waals surface area contributed by atoms with Crippen molar-refractivity contribution in [2.45, 2.75) is 25.9 Å². The van der Waals surface area contributed by atoms with Crippen molar-refractivity contribution in [1.82, 2.24) is 0 Å². The van der Waals surface area contributed by atoms with Crippen molar-refractivity contribution < 1.29 is 73.8 Å². The summed E-state index contributed by atoms with van der Waals surface area (Å²) in [7, 11) is 0. The molecule has 1 aromatic carbocycles. The first-order valence-corrected chi connectivity index (χ1v) is 5.42. The number of hydrogen-bond donors (Lipinski definition) is 0. The Morgan fingerprint density at radius 3 is 2.61 bits per heavy atom. The van der Waals surface area contributed by atoms with E-state index < -0.39 is 13.5 Å². The summed E-state index contributed by atoms with van der Waals surface area (Å²) in [4.78, 5) is 0. The SMILES string of the molecule is CC1(C)Cc2cccc(OC[B-](F)(F)F)c2O1.[K+]. The van der Waals surface area contributed by atoms with Gasteiger partial charge in [-0.05, 0) is 19.9 Å². The zero-order valence-corrected chi connectivity index (χ0v) is 13.8. The Hall–Kier alpha value is 0.311. The monoisotopic (exact) mass is 284 g/mol. The van der Waals surface area contributed by atoms with Crippen LogP contribution in [0.15, 0.2) is 18.2 Å². The van der Waals surface area contributed by atoms with Crippen LogP contribution in [0.5, 0.6) is 11.5 Å². The molecule has 18 heavy (non-hydrogen) atoms. The standard InChI is InChI=1S/C11H13BF3O2.K/c1-11(2)6-8-4-3-5-9(10(8)17-11)16-7-12(13,14)15;/h3-5H,6-7H2,1-2H3;/q-1;+1. The summed E-state index contributed by atoms with van der Waals surface area (Å²) in [6, 6.07) is 5.03. The third-order valence-corrected chi connectivity index (χ3v) is 2.48. The van der Waals surface area contributed by atoms with Crippen molar-refractivity contribution in [3.8, 4) is 11.5 Å². The molecule has 0 aliphatic carbocycles. The van der Waals surface area contributed by atoms with Crippen LogP contribution in [0, 0.1) is 0 Å². The molecule has 2 rings (SSSR count). The Balaban J connectivity index is 0.00000162. The second-order valence-electron chi connectivity index (χ2n) is 4.80. The van der Waals surface area contributed by atoms with Crippen molar-refractivity contribution in [2.24, 2.45) is 0 Å². The number of benzene rings is 1. The van der Waals surface area contributed by atoms with Crippen molar-refractivity contribution in [3.05, 3.63) is 23.8 Å². The third-order valence-electron chi connectivity index (χ3n) is 2.48. The van der Waals surface area contributed by atoms with Crippen LogP contribution in [0.3, 0.4) is 0 Å². The topological polar surface area (TPSA) is 18.5 Å². The van der Waals surface area contributed by atoms with Crippen LogP contribution >= 0.6 is 0 Å². The first kappa shape index (κ1) is 16.4. The second kappa shape index (κ2) is 5.75. The Morgan fingerprint density at radius 1 is 1.33 bits per heavy atom. The maximum atomic E-state index is 12.1. The van der Waals surface area contributed by atoms with Gasteiger partial charge in [-0.2, -0.15) is 0 Å². The maximum Gasteiger partial charge on any atom is 1.00 e. The maximum absolute atomic E-state index is 12.1. The van der Waals surface area contributed by atoms with Gasteiger partial charge in [0, 0.05) is 12.0 Å². The molecule has 94 valence electrons. The van der Waals surface area contributed by atoms with E-state index in [1.165, 1.54) is 6.07 Å². The van der Waals surface area contributed by atoms with E-state index >= 15 is 0 Å². The molecule has 1 heterocycles. The first-order chi connectivity index (χ1) is 7.77. The normalized spacial score (nSPS) is 16.5. The van der Waals surface area contributed by atoms with Crippen LogP contribution < -0.4 is 60.9 Å². The van der Waals surface area contributed by atoms with Crippen LogP contribution in [-0.4, -0.2) is 19.1 Å². The molecule has 0 aromatic heterocycles. The van der Waals surface area contributed by atoms with Crippen LogP contribution in [0.4, 0.5) is 12.9 Å². The molecule has 0 fully saturated rings. The molecule has 2 nitrogen and oxygen atoms in total. The zero-order chi connectivity index (χ0) is 12.7. The zero-order valence-electron chi connectivity index (χ0n) is 10.7. The van der Waals surface area contributed by atoms with Gasteiger partial charge >= 0.3 is 58.4 Å². The molecule has 0 spiro atoms. The molecule has 1 aliphatic heterocycles. The molecule has 0 amide bonds. The molecular formula is C11H13BF3KO2. The van der Waals surface area contributed by atoms with Crippen LogP contribution in [0.1, 0.15) is 19.4 Å². The summed E-state index contributed by atoms with van der Waals surface area (Å²) in [5, 5.41) is 0. The number of ether oxygens (including phenoxy) is 2. The average molecular weight is 284 g/mol. The summed E-state index contributed by atoms with van der Waals surface area (Å²) in [6.45, 7) is -2.39. The predicted molar refractivity (Wildman–Crippen MR) is 59.4 cm³/mol. The minimum atomic E-state index is -4.94. The summed E-state index contributed by atoms with van der Waals surface area (Å²) in [5.74, 6) is 0.616. The van der Waals surface area contributed by atoms with Crippen molar-refractivity contribution in [2.75, 3.05) is 6.51 Å². The molecular weight excluding hydrogens is 271 g/mol. The molecule has 7 heteroatoms. The van der Waals surface area contributed by atoms with Gasteiger partial charge in [-0.1, -0.05) is 12.1 Å². The number of rotatable bonds is 3.